The van der Waals surface area contributed by atoms with Gasteiger partial charge in [-0.2, -0.15) is 0 Å². The van der Waals surface area contributed by atoms with E-state index in [1.54, 1.807) is 5.57 Å². The van der Waals surface area contributed by atoms with Gasteiger partial charge in [0, 0.05) is 0 Å². The van der Waals surface area contributed by atoms with E-state index in [2.05, 4.69) is 26.0 Å². The summed E-state index contributed by atoms with van der Waals surface area (Å²) in [6, 6.07) is 0. The Labute approximate surface area is 129 Å². The summed E-state index contributed by atoms with van der Waals surface area (Å²) in [4.78, 5) is 0. The van der Waals surface area contributed by atoms with Crippen LogP contribution in [0.15, 0.2) is 23.3 Å². The second-order valence-electron chi connectivity index (χ2n) is 8.80. The van der Waals surface area contributed by atoms with Gasteiger partial charge in [-0.25, -0.2) is 0 Å². The van der Waals surface area contributed by atoms with Crippen molar-refractivity contribution in [3.05, 3.63) is 23.3 Å². The van der Waals surface area contributed by atoms with Crippen molar-refractivity contribution in [2.45, 2.75) is 71.3 Å². The van der Waals surface area contributed by atoms with E-state index in [4.69, 9.17) is 0 Å². The fraction of sp³-hybridized carbons (Fsp3) is 0.800. The monoisotopic (exact) mass is 286 g/mol. The van der Waals surface area contributed by atoms with Crippen LogP contribution in [0.5, 0.6) is 0 Å². The average molecular weight is 286 g/mol. The molecule has 0 saturated heterocycles. The molecule has 0 aromatic heterocycles. The van der Waals surface area contributed by atoms with Crippen LogP contribution in [0.2, 0.25) is 0 Å². The van der Waals surface area contributed by atoms with E-state index in [-0.39, 0.29) is 0 Å². The Hall–Kier alpha value is -0.560. The highest BCUT2D eigenvalue weighted by atomic mass is 16.3. The topological polar surface area (TPSA) is 20.2 Å². The molecule has 0 aromatic rings. The first-order valence-electron chi connectivity index (χ1n) is 9.05. The van der Waals surface area contributed by atoms with Gasteiger partial charge < -0.3 is 5.11 Å². The number of allylic oxidation sites excluding steroid dienone is 3. The molecule has 0 spiro atoms. The number of aliphatic hydroxyl groups is 1. The third-order valence-electron chi connectivity index (χ3n) is 7.46. The van der Waals surface area contributed by atoms with Gasteiger partial charge in [-0.15, -0.1) is 0 Å². The summed E-state index contributed by atoms with van der Waals surface area (Å²) in [5.41, 5.74) is 3.21. The Bertz CT molecular complexity index is 512. The molecule has 116 valence electrons. The highest BCUT2D eigenvalue weighted by molar-refractivity contribution is 5.32. The maximum Gasteiger partial charge on any atom is 0.0802 e. The molecule has 6 unspecified atom stereocenters. The summed E-state index contributed by atoms with van der Waals surface area (Å²) in [5.74, 6) is 3.46. The summed E-state index contributed by atoms with van der Waals surface area (Å²) >= 11 is 0. The number of hydrogen-bond donors (Lipinski definition) is 1. The molecule has 0 aliphatic heterocycles. The predicted molar refractivity (Wildman–Crippen MR) is 86.8 cm³/mol. The Kier molecular flexibility index (Phi) is 2.99. The molecule has 4 aliphatic carbocycles. The van der Waals surface area contributed by atoms with Gasteiger partial charge in [0.05, 0.1) is 5.60 Å². The van der Waals surface area contributed by atoms with Gasteiger partial charge >= 0.3 is 0 Å². The van der Waals surface area contributed by atoms with E-state index in [1.165, 1.54) is 38.5 Å². The molecule has 0 amide bonds. The van der Waals surface area contributed by atoms with Gasteiger partial charge in [-0.05, 0) is 81.0 Å². The normalized spacial score (nSPS) is 52.4. The maximum absolute atomic E-state index is 10.4. The van der Waals surface area contributed by atoms with Crippen molar-refractivity contribution in [2.24, 2.45) is 29.1 Å². The van der Waals surface area contributed by atoms with Gasteiger partial charge in [0.1, 0.15) is 0 Å². The lowest BCUT2D eigenvalue weighted by Gasteiger charge is -2.55. The highest BCUT2D eigenvalue weighted by Gasteiger charge is 2.52. The minimum absolute atomic E-state index is 0.364. The average Bonchev–Trinajstić information content (AvgIpc) is 2.81. The summed E-state index contributed by atoms with van der Waals surface area (Å²) in [7, 11) is 0. The van der Waals surface area contributed by atoms with Gasteiger partial charge in [0.25, 0.3) is 0 Å². The summed E-state index contributed by atoms with van der Waals surface area (Å²) < 4.78 is 0. The quantitative estimate of drug-likeness (QED) is 0.630. The number of rotatable bonds is 0. The van der Waals surface area contributed by atoms with Crippen molar-refractivity contribution in [1.29, 1.82) is 0 Å². The Balaban J connectivity index is 1.68. The smallest absolute Gasteiger partial charge is 0.0802 e. The summed E-state index contributed by atoms with van der Waals surface area (Å²) in [5, 5.41) is 10.4. The molecule has 0 aromatic carbocycles. The SMILES string of the molecule is CC1CC=C2C1CCC1C2CCC2=CC(C)(O)CCC21C. The Morgan fingerprint density at radius 1 is 1.10 bits per heavy atom. The van der Waals surface area contributed by atoms with E-state index < -0.39 is 5.60 Å². The van der Waals surface area contributed by atoms with Gasteiger partial charge in [-0.3, -0.25) is 0 Å². The van der Waals surface area contributed by atoms with Crippen LogP contribution in [0.3, 0.4) is 0 Å². The van der Waals surface area contributed by atoms with Crippen molar-refractivity contribution >= 4 is 0 Å². The van der Waals surface area contributed by atoms with Gasteiger partial charge in [0.2, 0.25) is 0 Å². The Morgan fingerprint density at radius 3 is 2.71 bits per heavy atom. The second kappa shape index (κ2) is 4.47. The molecule has 0 radical (unpaired) electrons. The first-order chi connectivity index (χ1) is 9.91. The van der Waals surface area contributed by atoms with Crippen LogP contribution in [0.1, 0.15) is 65.7 Å². The fourth-order valence-corrected chi connectivity index (χ4v) is 6.14. The molecule has 2 saturated carbocycles. The molecular formula is C20H30O. The molecule has 6 atom stereocenters. The van der Waals surface area contributed by atoms with Crippen molar-refractivity contribution in [2.75, 3.05) is 0 Å². The largest absolute Gasteiger partial charge is 0.386 e. The highest BCUT2D eigenvalue weighted by Crippen LogP contribution is 2.61. The van der Waals surface area contributed by atoms with Crippen molar-refractivity contribution in [3.63, 3.8) is 0 Å². The van der Waals surface area contributed by atoms with Crippen LogP contribution in [-0.2, 0) is 0 Å². The number of fused-ring (bicyclic) bond motifs is 5. The van der Waals surface area contributed by atoms with Crippen molar-refractivity contribution in [3.8, 4) is 0 Å². The minimum atomic E-state index is -0.556. The van der Waals surface area contributed by atoms with Gasteiger partial charge in [-0.1, -0.05) is 37.1 Å². The van der Waals surface area contributed by atoms with Crippen LogP contribution >= 0.6 is 0 Å². The standard InChI is InChI=1S/C20H30O/c1-13-4-6-16-15(13)8-9-18-17(16)7-5-14-12-19(2,21)10-11-20(14,18)3/h6,12-13,15,17-18,21H,4-5,7-11H2,1-3H3. The van der Waals surface area contributed by atoms with Crippen LogP contribution in [-0.4, -0.2) is 10.7 Å². The summed E-state index contributed by atoms with van der Waals surface area (Å²) in [6.07, 6.45) is 13.6. The third-order valence-corrected chi connectivity index (χ3v) is 7.46. The molecule has 4 rings (SSSR count). The first-order valence-corrected chi connectivity index (χ1v) is 9.05. The zero-order valence-electron chi connectivity index (χ0n) is 13.9. The lowest BCUT2D eigenvalue weighted by Crippen LogP contribution is -2.47. The molecule has 1 N–H and O–H groups in total. The molecule has 0 heterocycles. The molecule has 2 fully saturated rings. The lowest BCUT2D eigenvalue weighted by atomic mass is 9.50. The first kappa shape index (κ1) is 14.1. The Morgan fingerprint density at radius 2 is 1.90 bits per heavy atom. The van der Waals surface area contributed by atoms with E-state index in [0.717, 1.165) is 30.1 Å². The van der Waals surface area contributed by atoms with Crippen molar-refractivity contribution in [1.82, 2.24) is 0 Å². The van der Waals surface area contributed by atoms with E-state index in [1.807, 2.05) is 12.5 Å². The van der Waals surface area contributed by atoms with Crippen molar-refractivity contribution < 1.29 is 5.11 Å². The van der Waals surface area contributed by atoms with Crippen LogP contribution < -0.4 is 0 Å². The molecule has 0 bridgehead atoms. The number of hydrogen-bond acceptors (Lipinski definition) is 1. The molecule has 1 nitrogen and oxygen atoms in total. The second-order valence-corrected chi connectivity index (χ2v) is 8.80. The van der Waals surface area contributed by atoms with Crippen LogP contribution in [0.4, 0.5) is 0 Å². The molecule has 1 heteroatoms. The molecular weight excluding hydrogens is 256 g/mol. The maximum atomic E-state index is 10.4. The lowest BCUT2D eigenvalue weighted by molar-refractivity contribution is 0.0189. The third kappa shape index (κ3) is 2.00. The van der Waals surface area contributed by atoms with E-state index in [9.17, 15) is 5.11 Å². The molecule has 21 heavy (non-hydrogen) atoms. The predicted octanol–water partition coefficient (Wildman–Crippen LogP) is 4.87. The fourth-order valence-electron chi connectivity index (χ4n) is 6.14. The molecule has 4 aliphatic rings. The van der Waals surface area contributed by atoms with Crippen LogP contribution in [0, 0.1) is 29.1 Å². The summed E-state index contributed by atoms with van der Waals surface area (Å²) in [6.45, 7) is 6.94. The van der Waals surface area contributed by atoms with Gasteiger partial charge in [0.15, 0.2) is 0 Å². The van der Waals surface area contributed by atoms with E-state index in [0.29, 0.717) is 5.41 Å². The minimum Gasteiger partial charge on any atom is -0.386 e. The zero-order valence-corrected chi connectivity index (χ0v) is 13.9. The zero-order chi connectivity index (χ0) is 14.8. The van der Waals surface area contributed by atoms with Crippen LogP contribution in [0.25, 0.3) is 0 Å². The van der Waals surface area contributed by atoms with E-state index >= 15 is 0 Å².